The number of piperidine rings is 1. The van der Waals surface area contributed by atoms with Crippen LogP contribution in [-0.4, -0.2) is 22.6 Å². The van der Waals surface area contributed by atoms with Crippen LogP contribution in [0.4, 0.5) is 0 Å². The summed E-state index contributed by atoms with van der Waals surface area (Å²) in [5, 5.41) is 0.407. The number of rotatable bonds is 6. The highest BCUT2D eigenvalue weighted by molar-refractivity contribution is 8.00. The van der Waals surface area contributed by atoms with Gasteiger partial charge in [0.25, 0.3) is 0 Å². The van der Waals surface area contributed by atoms with E-state index in [2.05, 4.69) is 66.4 Å². The summed E-state index contributed by atoms with van der Waals surface area (Å²) in [4.78, 5) is 16.0. The smallest absolute Gasteiger partial charge is 0.223 e. The van der Waals surface area contributed by atoms with Crippen molar-refractivity contribution in [2.45, 2.75) is 48.8 Å². The monoisotopic (exact) mass is 339 g/mol. The Hall–Kier alpha value is -1.74. The van der Waals surface area contributed by atoms with E-state index >= 15 is 0 Å². The fourth-order valence-electron chi connectivity index (χ4n) is 3.36. The van der Waals surface area contributed by atoms with Gasteiger partial charge in [0.05, 0.1) is 6.04 Å². The second-order valence-corrected chi connectivity index (χ2v) is 7.62. The molecule has 2 unspecified atom stereocenters. The molecule has 126 valence electrons. The standard InChI is InChI=1S/C21H25NOS/c1-2-3-16-22-20(23)15-14-19(24-18-12-8-5-9-13-18)21(22)17-10-6-4-7-11-17/h4-13,19,21H,2-3,14-16H2,1H3. The van der Waals surface area contributed by atoms with Gasteiger partial charge in [-0.3, -0.25) is 4.79 Å². The van der Waals surface area contributed by atoms with Gasteiger partial charge in [-0.15, -0.1) is 11.8 Å². The zero-order chi connectivity index (χ0) is 16.8. The Morgan fingerprint density at radius 3 is 2.38 bits per heavy atom. The molecule has 2 aromatic carbocycles. The third-order valence-electron chi connectivity index (χ3n) is 4.58. The molecular weight excluding hydrogens is 314 g/mol. The van der Waals surface area contributed by atoms with E-state index in [1.54, 1.807) is 0 Å². The first-order valence-electron chi connectivity index (χ1n) is 8.85. The minimum Gasteiger partial charge on any atom is -0.335 e. The number of hydrogen-bond donors (Lipinski definition) is 0. The lowest BCUT2D eigenvalue weighted by molar-refractivity contribution is -0.136. The third-order valence-corrected chi connectivity index (χ3v) is 5.92. The summed E-state index contributed by atoms with van der Waals surface area (Å²) in [5.41, 5.74) is 1.26. The predicted octanol–water partition coefficient (Wildman–Crippen LogP) is 5.31. The van der Waals surface area contributed by atoms with Crippen LogP contribution < -0.4 is 0 Å². The largest absolute Gasteiger partial charge is 0.335 e. The van der Waals surface area contributed by atoms with Crippen LogP contribution in [0.3, 0.4) is 0 Å². The van der Waals surface area contributed by atoms with Gasteiger partial charge >= 0.3 is 0 Å². The van der Waals surface area contributed by atoms with Gasteiger partial charge < -0.3 is 4.90 Å². The van der Waals surface area contributed by atoms with Crippen LogP contribution in [0.2, 0.25) is 0 Å². The van der Waals surface area contributed by atoms with E-state index in [1.165, 1.54) is 10.5 Å². The molecule has 0 aliphatic carbocycles. The molecule has 0 saturated carbocycles. The normalized spacial score (nSPS) is 21.0. The Bertz CT molecular complexity index is 643. The maximum Gasteiger partial charge on any atom is 0.223 e. The second-order valence-electron chi connectivity index (χ2n) is 6.30. The summed E-state index contributed by atoms with van der Waals surface area (Å²) < 4.78 is 0. The summed E-state index contributed by atoms with van der Waals surface area (Å²) in [6.45, 7) is 3.04. The Balaban J connectivity index is 1.89. The summed E-state index contributed by atoms with van der Waals surface area (Å²) in [6.07, 6.45) is 3.79. The zero-order valence-corrected chi connectivity index (χ0v) is 15.0. The van der Waals surface area contributed by atoms with Crippen LogP contribution in [0.15, 0.2) is 65.6 Å². The number of benzene rings is 2. The highest BCUT2D eigenvalue weighted by Crippen LogP contribution is 2.42. The molecule has 3 rings (SSSR count). The number of carbonyl (C=O) groups is 1. The molecular formula is C21H25NOS. The van der Waals surface area contributed by atoms with E-state index in [9.17, 15) is 4.79 Å². The third kappa shape index (κ3) is 4.02. The van der Waals surface area contributed by atoms with Gasteiger partial charge in [0, 0.05) is 23.1 Å². The van der Waals surface area contributed by atoms with Crippen LogP contribution in [0.1, 0.15) is 44.2 Å². The molecule has 24 heavy (non-hydrogen) atoms. The average Bonchev–Trinajstić information content (AvgIpc) is 2.63. The predicted molar refractivity (Wildman–Crippen MR) is 101 cm³/mol. The van der Waals surface area contributed by atoms with Gasteiger partial charge in [0.15, 0.2) is 0 Å². The van der Waals surface area contributed by atoms with Crippen LogP contribution in [-0.2, 0) is 4.79 Å². The van der Waals surface area contributed by atoms with Crippen LogP contribution >= 0.6 is 11.8 Å². The number of amides is 1. The molecule has 1 saturated heterocycles. The summed E-state index contributed by atoms with van der Waals surface area (Å²) in [5.74, 6) is 0.308. The van der Waals surface area contributed by atoms with E-state index in [0.717, 1.165) is 25.8 Å². The molecule has 1 heterocycles. The first-order valence-corrected chi connectivity index (χ1v) is 9.73. The van der Waals surface area contributed by atoms with E-state index in [4.69, 9.17) is 0 Å². The highest BCUT2D eigenvalue weighted by Gasteiger charge is 2.36. The molecule has 0 radical (unpaired) electrons. The van der Waals surface area contributed by atoms with Crippen molar-refractivity contribution in [2.24, 2.45) is 0 Å². The van der Waals surface area contributed by atoms with E-state index in [1.807, 2.05) is 17.8 Å². The number of carbonyl (C=O) groups excluding carboxylic acids is 1. The van der Waals surface area contributed by atoms with Gasteiger partial charge in [0.1, 0.15) is 0 Å². The van der Waals surface area contributed by atoms with Crippen molar-refractivity contribution >= 4 is 17.7 Å². The molecule has 1 aliphatic heterocycles. The molecule has 1 fully saturated rings. The van der Waals surface area contributed by atoms with Crippen molar-refractivity contribution in [1.82, 2.24) is 4.90 Å². The fourth-order valence-corrected chi connectivity index (χ4v) is 4.69. The number of hydrogen-bond acceptors (Lipinski definition) is 2. The maximum absolute atomic E-state index is 12.6. The number of nitrogens with zero attached hydrogens (tertiary/aromatic N) is 1. The molecule has 0 bridgehead atoms. The molecule has 0 spiro atoms. The molecule has 1 amide bonds. The quantitative estimate of drug-likeness (QED) is 0.711. The number of thioether (sulfide) groups is 1. The molecule has 1 aliphatic rings. The maximum atomic E-state index is 12.6. The number of likely N-dealkylation sites (tertiary alicyclic amines) is 1. The Morgan fingerprint density at radius 1 is 1.04 bits per heavy atom. The molecule has 2 atom stereocenters. The van der Waals surface area contributed by atoms with E-state index in [0.29, 0.717) is 17.6 Å². The van der Waals surface area contributed by atoms with Crippen LogP contribution in [0, 0.1) is 0 Å². The lowest BCUT2D eigenvalue weighted by Gasteiger charge is -2.41. The molecule has 3 heteroatoms. The molecule has 0 N–H and O–H groups in total. The average molecular weight is 340 g/mol. The van der Waals surface area contributed by atoms with Crippen molar-refractivity contribution in [3.8, 4) is 0 Å². The van der Waals surface area contributed by atoms with Crippen molar-refractivity contribution in [3.63, 3.8) is 0 Å². The first-order chi connectivity index (χ1) is 11.8. The Morgan fingerprint density at radius 2 is 1.71 bits per heavy atom. The Kier molecular flexibility index (Phi) is 5.97. The first kappa shape index (κ1) is 17.1. The van der Waals surface area contributed by atoms with Crippen molar-refractivity contribution in [3.05, 3.63) is 66.2 Å². The summed E-state index contributed by atoms with van der Waals surface area (Å²) in [6, 6.07) is 21.3. The summed E-state index contributed by atoms with van der Waals surface area (Å²) in [7, 11) is 0. The molecule has 2 nitrogen and oxygen atoms in total. The lowest BCUT2D eigenvalue weighted by atomic mass is 9.94. The van der Waals surface area contributed by atoms with Crippen molar-refractivity contribution in [2.75, 3.05) is 6.54 Å². The minimum absolute atomic E-state index is 0.171. The van der Waals surface area contributed by atoms with Crippen LogP contribution in [0.25, 0.3) is 0 Å². The SMILES string of the molecule is CCCCN1C(=O)CCC(Sc2ccccc2)C1c1ccccc1. The topological polar surface area (TPSA) is 20.3 Å². The van der Waals surface area contributed by atoms with Crippen molar-refractivity contribution in [1.29, 1.82) is 0 Å². The molecule has 2 aromatic rings. The van der Waals surface area contributed by atoms with Gasteiger partial charge in [0.2, 0.25) is 5.91 Å². The highest BCUT2D eigenvalue weighted by atomic mass is 32.2. The van der Waals surface area contributed by atoms with Gasteiger partial charge in [-0.1, -0.05) is 61.9 Å². The lowest BCUT2D eigenvalue weighted by Crippen LogP contribution is -2.44. The van der Waals surface area contributed by atoms with Gasteiger partial charge in [-0.25, -0.2) is 0 Å². The van der Waals surface area contributed by atoms with E-state index in [-0.39, 0.29) is 6.04 Å². The minimum atomic E-state index is 0.171. The van der Waals surface area contributed by atoms with Crippen LogP contribution in [0.5, 0.6) is 0 Å². The Labute approximate surface area is 149 Å². The zero-order valence-electron chi connectivity index (χ0n) is 14.2. The summed E-state index contributed by atoms with van der Waals surface area (Å²) >= 11 is 1.91. The fraction of sp³-hybridized carbons (Fsp3) is 0.381. The van der Waals surface area contributed by atoms with Crippen molar-refractivity contribution < 1.29 is 4.79 Å². The number of unbranched alkanes of at least 4 members (excludes halogenated alkanes) is 1. The van der Waals surface area contributed by atoms with Gasteiger partial charge in [-0.05, 0) is 30.5 Å². The molecule has 0 aromatic heterocycles. The van der Waals surface area contributed by atoms with E-state index < -0.39 is 0 Å². The van der Waals surface area contributed by atoms with Gasteiger partial charge in [-0.2, -0.15) is 0 Å². The second kappa shape index (κ2) is 8.39.